The Morgan fingerprint density at radius 1 is 1.29 bits per heavy atom. The molecule has 2 aromatic carbocycles. The van der Waals surface area contributed by atoms with E-state index < -0.39 is 6.10 Å². The van der Waals surface area contributed by atoms with Crippen LogP contribution in [-0.4, -0.2) is 60.2 Å². The average molecular weight is 441 g/mol. The zero-order valence-corrected chi connectivity index (χ0v) is 18.7. The maximum atomic E-state index is 11.5. The van der Waals surface area contributed by atoms with E-state index in [2.05, 4.69) is 23.1 Å². The van der Waals surface area contributed by atoms with Gasteiger partial charge in [-0.3, -0.25) is 9.69 Å². The molecule has 31 heavy (non-hydrogen) atoms. The predicted octanol–water partition coefficient (Wildman–Crippen LogP) is 4.13. The Hall–Kier alpha value is -2.48. The fourth-order valence-corrected chi connectivity index (χ4v) is 5.12. The second-order valence-corrected chi connectivity index (χ2v) is 9.07. The summed E-state index contributed by atoms with van der Waals surface area (Å²) in [5.41, 5.74) is 1.64. The first-order valence-electron chi connectivity index (χ1n) is 10.6. The van der Waals surface area contributed by atoms with Gasteiger partial charge in [-0.15, -0.1) is 11.3 Å². The lowest BCUT2D eigenvalue weighted by Crippen LogP contribution is -2.41. The molecule has 164 valence electrons. The highest BCUT2D eigenvalue weighted by Gasteiger charge is 2.25. The van der Waals surface area contributed by atoms with Gasteiger partial charge in [0.25, 0.3) is 0 Å². The number of para-hydroxylation sites is 1. The highest BCUT2D eigenvalue weighted by molar-refractivity contribution is 7.18. The number of carbonyl (C=O) groups excluding carboxylic acids is 1. The SMILES string of the molecule is COc1cc(C(C)=O)ccc1OC[C@H](O)CN1CCC[C@@H](c2nc3ccccc3s2)C1. The number of aliphatic hydroxyl groups is 1. The van der Waals surface area contributed by atoms with Gasteiger partial charge in [-0.05, 0) is 56.6 Å². The quantitative estimate of drug-likeness (QED) is 0.531. The van der Waals surface area contributed by atoms with E-state index in [9.17, 15) is 9.90 Å². The van der Waals surface area contributed by atoms with Crippen LogP contribution in [0.15, 0.2) is 42.5 Å². The van der Waals surface area contributed by atoms with Gasteiger partial charge in [0.05, 0.1) is 22.3 Å². The number of hydrogen-bond donors (Lipinski definition) is 1. The number of Topliss-reactive ketones (excluding diaryl/α,β-unsaturated/α-hetero) is 1. The standard InChI is InChI=1S/C24H28N2O4S/c1-16(27)17-9-10-21(22(12-17)29-2)30-15-19(28)14-26-11-5-6-18(13-26)24-25-20-7-3-4-8-23(20)31-24/h3-4,7-10,12,18-19,28H,5-6,11,13-15H2,1-2H3/t18-,19-/m1/s1. The van der Waals surface area contributed by atoms with Crippen LogP contribution in [0.1, 0.15) is 41.0 Å². The summed E-state index contributed by atoms with van der Waals surface area (Å²) in [5.74, 6) is 1.39. The maximum Gasteiger partial charge on any atom is 0.161 e. The van der Waals surface area contributed by atoms with Crippen LogP contribution < -0.4 is 9.47 Å². The molecule has 0 aliphatic carbocycles. The number of ketones is 1. The fourth-order valence-electron chi connectivity index (χ4n) is 4.03. The summed E-state index contributed by atoms with van der Waals surface area (Å²) < 4.78 is 12.4. The number of nitrogens with zero attached hydrogens (tertiary/aromatic N) is 2. The zero-order valence-electron chi connectivity index (χ0n) is 17.9. The van der Waals surface area contributed by atoms with Gasteiger partial charge in [0, 0.05) is 24.6 Å². The summed E-state index contributed by atoms with van der Waals surface area (Å²) in [6.45, 7) is 4.09. The normalized spacial score (nSPS) is 18.1. The van der Waals surface area contributed by atoms with Crippen LogP contribution in [-0.2, 0) is 0 Å². The van der Waals surface area contributed by atoms with Crippen molar-refractivity contribution in [3.63, 3.8) is 0 Å². The van der Waals surface area contributed by atoms with Crippen molar-refractivity contribution in [3.05, 3.63) is 53.0 Å². The summed E-state index contributed by atoms with van der Waals surface area (Å²) in [4.78, 5) is 18.7. The van der Waals surface area contributed by atoms with Crippen molar-refractivity contribution in [2.24, 2.45) is 0 Å². The molecule has 6 nitrogen and oxygen atoms in total. The summed E-state index contributed by atoms with van der Waals surface area (Å²) >= 11 is 1.78. The van der Waals surface area contributed by atoms with Crippen molar-refractivity contribution >= 4 is 27.3 Å². The smallest absolute Gasteiger partial charge is 0.161 e. The molecule has 0 bridgehead atoms. The first kappa shape index (κ1) is 21.7. The van der Waals surface area contributed by atoms with Crippen LogP contribution in [0, 0.1) is 0 Å². The summed E-state index contributed by atoms with van der Waals surface area (Å²) in [7, 11) is 1.54. The predicted molar refractivity (Wildman–Crippen MR) is 123 cm³/mol. The number of benzene rings is 2. The Morgan fingerprint density at radius 2 is 2.13 bits per heavy atom. The van der Waals surface area contributed by atoms with Crippen LogP contribution in [0.25, 0.3) is 10.2 Å². The van der Waals surface area contributed by atoms with Gasteiger partial charge in [-0.1, -0.05) is 12.1 Å². The van der Waals surface area contributed by atoms with E-state index in [1.165, 1.54) is 16.6 Å². The molecule has 2 heterocycles. The number of β-amino-alcohol motifs (C(OH)–C–C–N with tert-alkyl or cyclic N) is 1. The Bertz CT molecular complexity index is 1020. The number of aliphatic hydroxyl groups excluding tert-OH is 1. The lowest BCUT2D eigenvalue weighted by Gasteiger charge is -2.33. The average Bonchev–Trinajstić information content (AvgIpc) is 3.22. The van der Waals surface area contributed by atoms with Crippen LogP contribution in [0.4, 0.5) is 0 Å². The fraction of sp³-hybridized carbons (Fsp3) is 0.417. The minimum atomic E-state index is -0.619. The van der Waals surface area contributed by atoms with Crippen molar-refractivity contribution < 1.29 is 19.4 Å². The molecule has 0 spiro atoms. The number of ether oxygens (including phenoxy) is 2. The molecule has 3 aromatic rings. The number of likely N-dealkylation sites (tertiary alicyclic amines) is 1. The molecule has 0 saturated carbocycles. The first-order chi connectivity index (χ1) is 15.0. The number of piperidine rings is 1. The van der Waals surface area contributed by atoms with Crippen LogP contribution in [0.2, 0.25) is 0 Å². The van der Waals surface area contributed by atoms with Gasteiger partial charge in [-0.2, -0.15) is 0 Å². The third-order valence-corrected chi connectivity index (χ3v) is 6.83. The second-order valence-electron chi connectivity index (χ2n) is 8.01. The summed E-state index contributed by atoms with van der Waals surface area (Å²) in [6.07, 6.45) is 1.60. The topological polar surface area (TPSA) is 71.9 Å². The van der Waals surface area contributed by atoms with E-state index in [0.717, 1.165) is 31.4 Å². The number of hydrogen-bond acceptors (Lipinski definition) is 7. The zero-order chi connectivity index (χ0) is 21.8. The van der Waals surface area contributed by atoms with E-state index in [4.69, 9.17) is 14.5 Å². The van der Waals surface area contributed by atoms with Crippen LogP contribution >= 0.6 is 11.3 Å². The Balaban J connectivity index is 1.33. The number of aromatic nitrogens is 1. The Kier molecular flexibility index (Phi) is 6.85. The van der Waals surface area contributed by atoms with E-state index in [1.807, 2.05) is 6.07 Å². The first-order valence-corrected chi connectivity index (χ1v) is 11.4. The molecule has 4 rings (SSSR count). The number of rotatable bonds is 8. The van der Waals surface area contributed by atoms with Crippen molar-refractivity contribution in [1.29, 1.82) is 0 Å². The molecule has 0 radical (unpaired) electrons. The Labute approximate surface area is 186 Å². The van der Waals surface area contributed by atoms with Crippen LogP contribution in [0.5, 0.6) is 11.5 Å². The van der Waals surface area contributed by atoms with E-state index in [0.29, 0.717) is 29.5 Å². The van der Waals surface area contributed by atoms with Gasteiger partial charge < -0.3 is 14.6 Å². The third kappa shape index (κ3) is 5.23. The molecule has 1 saturated heterocycles. The molecule has 1 N–H and O–H groups in total. The molecule has 1 aromatic heterocycles. The van der Waals surface area contributed by atoms with Gasteiger partial charge in [0.15, 0.2) is 17.3 Å². The second kappa shape index (κ2) is 9.77. The molecule has 2 atom stereocenters. The molecular weight excluding hydrogens is 412 g/mol. The lowest BCUT2D eigenvalue weighted by molar-refractivity contribution is 0.0575. The van der Waals surface area contributed by atoms with E-state index in [1.54, 1.807) is 36.6 Å². The number of carbonyl (C=O) groups is 1. The minimum absolute atomic E-state index is 0.0299. The van der Waals surface area contributed by atoms with Crippen LogP contribution in [0.3, 0.4) is 0 Å². The Morgan fingerprint density at radius 3 is 2.90 bits per heavy atom. The van der Waals surface area contributed by atoms with E-state index >= 15 is 0 Å². The summed E-state index contributed by atoms with van der Waals surface area (Å²) in [6, 6.07) is 13.3. The van der Waals surface area contributed by atoms with Gasteiger partial charge in [-0.25, -0.2) is 4.98 Å². The molecule has 1 aliphatic rings. The third-order valence-electron chi connectivity index (χ3n) is 5.64. The number of fused-ring (bicyclic) bond motifs is 1. The van der Waals surface area contributed by atoms with Crippen molar-refractivity contribution in [1.82, 2.24) is 9.88 Å². The molecular formula is C24H28N2O4S. The van der Waals surface area contributed by atoms with Gasteiger partial charge >= 0.3 is 0 Å². The highest BCUT2D eigenvalue weighted by Crippen LogP contribution is 2.33. The monoisotopic (exact) mass is 440 g/mol. The van der Waals surface area contributed by atoms with Crippen molar-refractivity contribution in [2.45, 2.75) is 31.8 Å². The number of thiazole rings is 1. The molecule has 1 fully saturated rings. The van der Waals surface area contributed by atoms with Crippen molar-refractivity contribution in [2.75, 3.05) is 33.4 Å². The number of methoxy groups -OCH3 is 1. The maximum absolute atomic E-state index is 11.5. The van der Waals surface area contributed by atoms with E-state index in [-0.39, 0.29) is 12.4 Å². The minimum Gasteiger partial charge on any atom is -0.493 e. The van der Waals surface area contributed by atoms with Gasteiger partial charge in [0.1, 0.15) is 12.7 Å². The largest absolute Gasteiger partial charge is 0.493 e. The lowest BCUT2D eigenvalue weighted by atomic mass is 9.98. The molecule has 0 amide bonds. The summed E-state index contributed by atoms with van der Waals surface area (Å²) in [5, 5.41) is 11.8. The molecule has 7 heteroatoms. The van der Waals surface area contributed by atoms with Crippen molar-refractivity contribution in [3.8, 4) is 11.5 Å². The molecule has 0 unspecified atom stereocenters. The van der Waals surface area contributed by atoms with Gasteiger partial charge in [0.2, 0.25) is 0 Å². The highest BCUT2D eigenvalue weighted by atomic mass is 32.1. The molecule has 1 aliphatic heterocycles.